The Bertz CT molecular complexity index is 984. The maximum Gasteiger partial charge on any atom is 0.253 e. The molecule has 2 heterocycles. The van der Waals surface area contributed by atoms with Gasteiger partial charge in [0.1, 0.15) is 5.76 Å². The van der Waals surface area contributed by atoms with E-state index in [4.69, 9.17) is 4.42 Å². The standard InChI is InChI=1S/C25H31N3O3S/c1-3-5-13-28(18-20-8-6-14-31-20)23-11-10-19(16-22(23)25(30)26-12-4-2)27-24(29)17-21-9-7-15-32-21/h6-11,14-16H,3-5,12-13,17-18H2,1-2H3,(H,26,30)(H,27,29). The number of hydrogen-bond acceptors (Lipinski definition) is 5. The molecule has 0 aliphatic rings. The van der Waals surface area contributed by atoms with Crippen molar-refractivity contribution in [2.24, 2.45) is 0 Å². The van der Waals surface area contributed by atoms with Crippen LogP contribution in [0.15, 0.2) is 58.5 Å². The van der Waals surface area contributed by atoms with Gasteiger partial charge >= 0.3 is 0 Å². The molecule has 3 rings (SSSR count). The van der Waals surface area contributed by atoms with Crippen molar-refractivity contribution in [3.05, 3.63) is 70.3 Å². The Labute approximate surface area is 193 Å². The van der Waals surface area contributed by atoms with Gasteiger partial charge in [-0.3, -0.25) is 9.59 Å². The van der Waals surface area contributed by atoms with E-state index in [1.807, 2.05) is 48.7 Å². The molecule has 2 aromatic heterocycles. The van der Waals surface area contributed by atoms with Gasteiger partial charge in [0.05, 0.1) is 30.5 Å². The van der Waals surface area contributed by atoms with Gasteiger partial charge in [-0.1, -0.05) is 26.3 Å². The predicted octanol–water partition coefficient (Wildman–Crippen LogP) is 5.47. The Morgan fingerprint density at radius 2 is 1.97 bits per heavy atom. The number of anilines is 2. The molecular weight excluding hydrogens is 422 g/mol. The highest BCUT2D eigenvalue weighted by molar-refractivity contribution is 7.10. The Hall–Kier alpha value is -3.06. The molecule has 0 aliphatic carbocycles. The molecule has 2 N–H and O–H groups in total. The van der Waals surface area contributed by atoms with Crippen molar-refractivity contribution in [2.75, 3.05) is 23.3 Å². The minimum Gasteiger partial charge on any atom is -0.467 e. The Kier molecular flexibility index (Phi) is 8.92. The number of nitrogens with zero attached hydrogens (tertiary/aromatic N) is 1. The fourth-order valence-corrected chi connectivity index (χ4v) is 4.11. The van der Waals surface area contributed by atoms with Crippen molar-refractivity contribution in [2.45, 2.75) is 46.1 Å². The van der Waals surface area contributed by atoms with Gasteiger partial charge in [0.25, 0.3) is 5.91 Å². The average molecular weight is 454 g/mol. The molecule has 0 unspecified atom stereocenters. The molecule has 2 amide bonds. The number of amides is 2. The highest BCUT2D eigenvalue weighted by atomic mass is 32.1. The second-order valence-corrected chi connectivity index (χ2v) is 8.68. The van der Waals surface area contributed by atoms with Gasteiger partial charge in [0.2, 0.25) is 5.91 Å². The quantitative estimate of drug-likeness (QED) is 0.381. The highest BCUT2D eigenvalue weighted by Gasteiger charge is 2.19. The van der Waals surface area contributed by atoms with Crippen LogP contribution < -0.4 is 15.5 Å². The second-order valence-electron chi connectivity index (χ2n) is 7.65. The highest BCUT2D eigenvalue weighted by Crippen LogP contribution is 2.27. The second kappa shape index (κ2) is 12.1. The summed E-state index contributed by atoms with van der Waals surface area (Å²) in [6.07, 6.45) is 4.87. The van der Waals surface area contributed by atoms with Gasteiger partial charge in [0.15, 0.2) is 0 Å². The number of benzene rings is 1. The van der Waals surface area contributed by atoms with Gasteiger partial charge in [0, 0.05) is 23.7 Å². The van der Waals surface area contributed by atoms with Crippen molar-refractivity contribution in [3.63, 3.8) is 0 Å². The van der Waals surface area contributed by atoms with Crippen molar-refractivity contribution in [1.29, 1.82) is 0 Å². The van der Waals surface area contributed by atoms with E-state index in [9.17, 15) is 9.59 Å². The molecule has 0 saturated heterocycles. The lowest BCUT2D eigenvalue weighted by atomic mass is 10.1. The van der Waals surface area contributed by atoms with Crippen molar-refractivity contribution < 1.29 is 14.0 Å². The maximum absolute atomic E-state index is 13.0. The van der Waals surface area contributed by atoms with Gasteiger partial charge < -0.3 is 20.0 Å². The summed E-state index contributed by atoms with van der Waals surface area (Å²) in [5.74, 6) is 0.602. The number of furan rings is 1. The van der Waals surface area contributed by atoms with Gasteiger partial charge in [-0.05, 0) is 54.6 Å². The summed E-state index contributed by atoms with van der Waals surface area (Å²) in [6, 6.07) is 13.2. The zero-order chi connectivity index (χ0) is 22.8. The number of nitrogens with one attached hydrogen (secondary N) is 2. The van der Waals surface area contributed by atoms with E-state index in [0.717, 1.165) is 42.1 Å². The molecule has 0 saturated carbocycles. The van der Waals surface area contributed by atoms with Crippen LogP contribution in [0.5, 0.6) is 0 Å². The largest absolute Gasteiger partial charge is 0.467 e. The van der Waals surface area contributed by atoms with Gasteiger partial charge in [-0.15, -0.1) is 11.3 Å². The normalized spacial score (nSPS) is 10.7. The summed E-state index contributed by atoms with van der Waals surface area (Å²) < 4.78 is 5.56. The Balaban J connectivity index is 1.86. The van der Waals surface area contributed by atoms with Crippen LogP contribution in [0.2, 0.25) is 0 Å². The number of thiophene rings is 1. The van der Waals surface area contributed by atoms with E-state index in [2.05, 4.69) is 22.5 Å². The van der Waals surface area contributed by atoms with E-state index in [1.54, 1.807) is 23.7 Å². The molecule has 0 radical (unpaired) electrons. The van der Waals surface area contributed by atoms with Gasteiger partial charge in [-0.25, -0.2) is 0 Å². The summed E-state index contributed by atoms with van der Waals surface area (Å²) in [4.78, 5) is 28.7. The lowest BCUT2D eigenvalue weighted by Gasteiger charge is -2.26. The van der Waals surface area contributed by atoms with Crippen molar-refractivity contribution in [1.82, 2.24) is 5.32 Å². The fraction of sp³-hybridized carbons (Fsp3) is 0.360. The summed E-state index contributed by atoms with van der Waals surface area (Å²) in [6.45, 7) is 6.14. The number of hydrogen-bond donors (Lipinski definition) is 2. The lowest BCUT2D eigenvalue weighted by molar-refractivity contribution is -0.115. The van der Waals surface area contributed by atoms with Crippen LogP contribution >= 0.6 is 11.3 Å². The van der Waals surface area contributed by atoms with Crippen molar-refractivity contribution in [3.8, 4) is 0 Å². The lowest BCUT2D eigenvalue weighted by Crippen LogP contribution is -2.30. The molecule has 6 nitrogen and oxygen atoms in total. The van der Waals surface area contributed by atoms with Crippen LogP contribution in [0.25, 0.3) is 0 Å². The van der Waals surface area contributed by atoms with E-state index >= 15 is 0 Å². The third-order valence-electron chi connectivity index (χ3n) is 5.02. The SMILES string of the molecule is CCCCN(Cc1ccco1)c1ccc(NC(=O)Cc2cccs2)cc1C(=O)NCCC. The molecular formula is C25H31N3O3S. The summed E-state index contributed by atoms with van der Waals surface area (Å²) in [5, 5.41) is 7.87. The van der Waals surface area contributed by atoms with Crippen molar-refractivity contribution >= 4 is 34.5 Å². The molecule has 0 fully saturated rings. The first-order valence-electron chi connectivity index (χ1n) is 11.1. The molecule has 32 heavy (non-hydrogen) atoms. The minimum absolute atomic E-state index is 0.0986. The van der Waals surface area contributed by atoms with Crippen LogP contribution in [0.1, 0.15) is 54.1 Å². The molecule has 1 aromatic carbocycles. The van der Waals surface area contributed by atoms with E-state index in [1.165, 1.54) is 0 Å². The third kappa shape index (κ3) is 6.72. The molecule has 170 valence electrons. The zero-order valence-corrected chi connectivity index (χ0v) is 19.5. The Morgan fingerprint density at radius 1 is 1.09 bits per heavy atom. The van der Waals surface area contributed by atoms with Crippen LogP contribution in [0.3, 0.4) is 0 Å². The van der Waals surface area contributed by atoms with Crippen LogP contribution in [0, 0.1) is 0 Å². The van der Waals surface area contributed by atoms with Crippen LogP contribution in [-0.2, 0) is 17.8 Å². The first-order valence-corrected chi connectivity index (χ1v) is 12.0. The van der Waals surface area contributed by atoms with E-state index in [-0.39, 0.29) is 11.8 Å². The first-order chi connectivity index (χ1) is 15.6. The summed E-state index contributed by atoms with van der Waals surface area (Å²) >= 11 is 1.55. The molecule has 0 bridgehead atoms. The van der Waals surface area contributed by atoms with Crippen LogP contribution in [0.4, 0.5) is 11.4 Å². The number of rotatable bonds is 12. The minimum atomic E-state index is -0.142. The monoisotopic (exact) mass is 453 g/mol. The smallest absolute Gasteiger partial charge is 0.253 e. The van der Waals surface area contributed by atoms with E-state index in [0.29, 0.717) is 30.8 Å². The molecule has 0 spiro atoms. The predicted molar refractivity (Wildman–Crippen MR) is 130 cm³/mol. The van der Waals surface area contributed by atoms with Gasteiger partial charge in [-0.2, -0.15) is 0 Å². The number of unbranched alkanes of at least 4 members (excludes halogenated alkanes) is 1. The molecule has 0 atom stereocenters. The average Bonchev–Trinajstić information content (AvgIpc) is 3.49. The first kappa shape index (κ1) is 23.6. The van der Waals surface area contributed by atoms with E-state index < -0.39 is 0 Å². The topological polar surface area (TPSA) is 74.6 Å². The maximum atomic E-state index is 13.0. The number of carbonyl (C=O) groups excluding carboxylic acids is 2. The third-order valence-corrected chi connectivity index (χ3v) is 5.90. The number of carbonyl (C=O) groups is 2. The molecule has 3 aromatic rings. The summed E-state index contributed by atoms with van der Waals surface area (Å²) in [7, 11) is 0. The molecule has 7 heteroatoms. The zero-order valence-electron chi connectivity index (χ0n) is 18.7. The molecule has 0 aliphatic heterocycles. The summed E-state index contributed by atoms with van der Waals surface area (Å²) in [5.41, 5.74) is 2.00. The van der Waals surface area contributed by atoms with Crippen LogP contribution in [-0.4, -0.2) is 24.9 Å². The Morgan fingerprint density at radius 3 is 2.66 bits per heavy atom. The fourth-order valence-electron chi connectivity index (χ4n) is 3.41.